The highest BCUT2D eigenvalue weighted by molar-refractivity contribution is 4.93. The van der Waals surface area contributed by atoms with Crippen molar-refractivity contribution in [2.75, 3.05) is 19.6 Å². The Morgan fingerprint density at radius 3 is 2.17 bits per heavy atom. The zero-order chi connectivity index (χ0) is 9.19. The topological polar surface area (TPSA) is 23.5 Å². The Morgan fingerprint density at radius 1 is 1.33 bits per heavy atom. The summed E-state index contributed by atoms with van der Waals surface area (Å²) in [5, 5.41) is 9.16. The van der Waals surface area contributed by atoms with Gasteiger partial charge in [-0.2, -0.15) is 0 Å². The summed E-state index contributed by atoms with van der Waals surface area (Å²) in [6, 6.07) is 0. The van der Waals surface area contributed by atoms with E-state index in [1.165, 1.54) is 25.9 Å². The number of likely N-dealkylation sites (tertiary alicyclic amines) is 1. The molecular weight excluding hydrogens is 150 g/mol. The second-order valence-corrected chi connectivity index (χ2v) is 4.23. The maximum Gasteiger partial charge on any atom is 0.0639 e. The molecule has 1 N–H and O–H groups in total. The van der Waals surface area contributed by atoms with Gasteiger partial charge in [0.05, 0.1) is 6.10 Å². The summed E-state index contributed by atoms with van der Waals surface area (Å²) >= 11 is 0. The molecule has 0 aromatic carbocycles. The van der Waals surface area contributed by atoms with Gasteiger partial charge in [0.25, 0.3) is 0 Å². The highest BCUT2D eigenvalue weighted by atomic mass is 16.3. The van der Waals surface area contributed by atoms with Crippen molar-refractivity contribution in [1.82, 2.24) is 4.90 Å². The molecule has 12 heavy (non-hydrogen) atoms. The number of aliphatic hydroxyl groups excluding tert-OH is 1. The molecule has 1 atom stereocenters. The number of β-amino-alcohol motifs (C(OH)–C–C–N with tert-alkyl or cyclic N) is 1. The first-order valence-electron chi connectivity index (χ1n) is 5.02. The maximum absolute atomic E-state index is 9.16. The predicted octanol–water partition coefficient (Wildman–Crippen LogP) is 1.49. The molecule has 1 unspecified atom stereocenters. The molecule has 1 heterocycles. The van der Waals surface area contributed by atoms with E-state index in [2.05, 4.69) is 18.7 Å². The minimum absolute atomic E-state index is 0.170. The molecule has 0 aliphatic carbocycles. The van der Waals surface area contributed by atoms with Gasteiger partial charge >= 0.3 is 0 Å². The van der Waals surface area contributed by atoms with Gasteiger partial charge in [0.2, 0.25) is 0 Å². The molecule has 1 saturated heterocycles. The molecule has 2 heteroatoms. The first kappa shape index (κ1) is 10.0. The van der Waals surface area contributed by atoms with E-state index in [0.717, 1.165) is 6.54 Å². The molecule has 0 aromatic heterocycles. The van der Waals surface area contributed by atoms with E-state index in [-0.39, 0.29) is 6.10 Å². The number of rotatable bonds is 4. The molecule has 0 radical (unpaired) electrons. The molecule has 2 nitrogen and oxygen atoms in total. The fraction of sp³-hybridized carbons (Fsp3) is 1.00. The maximum atomic E-state index is 9.16. The van der Waals surface area contributed by atoms with Crippen LogP contribution in [0.5, 0.6) is 0 Å². The Kier molecular flexibility index (Phi) is 3.13. The number of hydrogen-bond donors (Lipinski definition) is 1. The molecule has 0 bridgehead atoms. The van der Waals surface area contributed by atoms with Gasteiger partial charge in [-0.05, 0) is 25.2 Å². The zero-order valence-corrected chi connectivity index (χ0v) is 8.51. The van der Waals surface area contributed by atoms with E-state index < -0.39 is 0 Å². The van der Waals surface area contributed by atoms with Crippen molar-refractivity contribution in [2.24, 2.45) is 5.41 Å². The van der Waals surface area contributed by atoms with E-state index in [1.54, 1.807) is 0 Å². The minimum atomic E-state index is -0.170. The van der Waals surface area contributed by atoms with Crippen molar-refractivity contribution in [3.8, 4) is 0 Å². The molecule has 1 fully saturated rings. The van der Waals surface area contributed by atoms with Crippen LogP contribution in [0.4, 0.5) is 0 Å². The molecule has 0 spiro atoms. The fourth-order valence-electron chi connectivity index (χ4n) is 2.10. The van der Waals surface area contributed by atoms with Crippen LogP contribution >= 0.6 is 0 Å². The third-order valence-electron chi connectivity index (χ3n) is 3.14. The first-order valence-corrected chi connectivity index (χ1v) is 5.02. The average Bonchev–Trinajstić information content (AvgIpc) is 1.95. The Morgan fingerprint density at radius 2 is 1.83 bits per heavy atom. The molecule has 1 aliphatic heterocycles. The van der Waals surface area contributed by atoms with Gasteiger partial charge in [0.15, 0.2) is 0 Å². The Bertz CT molecular complexity index is 133. The number of hydrogen-bond acceptors (Lipinski definition) is 2. The highest BCUT2D eigenvalue weighted by Gasteiger charge is 2.39. The summed E-state index contributed by atoms with van der Waals surface area (Å²) in [6.45, 7) is 9.61. The smallest absolute Gasteiger partial charge is 0.0639 e. The van der Waals surface area contributed by atoms with Gasteiger partial charge in [0.1, 0.15) is 0 Å². The molecule has 0 saturated carbocycles. The molecule has 1 aliphatic rings. The van der Waals surface area contributed by atoms with Gasteiger partial charge in [-0.1, -0.05) is 13.8 Å². The van der Waals surface area contributed by atoms with E-state index in [1.807, 2.05) is 6.92 Å². The predicted molar refractivity (Wildman–Crippen MR) is 51.1 cm³/mol. The lowest BCUT2D eigenvalue weighted by molar-refractivity contribution is -0.0290. The van der Waals surface area contributed by atoms with E-state index in [9.17, 15) is 0 Å². The second-order valence-electron chi connectivity index (χ2n) is 4.23. The van der Waals surface area contributed by atoms with Gasteiger partial charge in [-0.25, -0.2) is 0 Å². The van der Waals surface area contributed by atoms with E-state index >= 15 is 0 Å². The van der Waals surface area contributed by atoms with Crippen molar-refractivity contribution in [3.05, 3.63) is 0 Å². The monoisotopic (exact) mass is 171 g/mol. The molecule has 1 rings (SSSR count). The number of nitrogens with zero attached hydrogens (tertiary/aromatic N) is 1. The van der Waals surface area contributed by atoms with Crippen molar-refractivity contribution in [1.29, 1.82) is 0 Å². The van der Waals surface area contributed by atoms with Crippen LogP contribution in [0.2, 0.25) is 0 Å². The third kappa shape index (κ3) is 1.99. The van der Waals surface area contributed by atoms with Crippen LogP contribution in [0, 0.1) is 5.41 Å². The van der Waals surface area contributed by atoms with Crippen LogP contribution in [-0.2, 0) is 0 Å². The highest BCUT2D eigenvalue weighted by Crippen LogP contribution is 2.36. The fourth-order valence-corrected chi connectivity index (χ4v) is 2.10. The Labute approximate surface area is 75.6 Å². The van der Waals surface area contributed by atoms with Crippen LogP contribution in [0.25, 0.3) is 0 Å². The second kappa shape index (κ2) is 3.75. The van der Waals surface area contributed by atoms with E-state index in [0.29, 0.717) is 5.41 Å². The van der Waals surface area contributed by atoms with Crippen LogP contribution < -0.4 is 0 Å². The summed E-state index contributed by atoms with van der Waals surface area (Å²) in [5.74, 6) is 0. The quantitative estimate of drug-likeness (QED) is 0.692. The normalized spacial score (nSPS) is 25.0. The van der Waals surface area contributed by atoms with Crippen molar-refractivity contribution >= 4 is 0 Å². The van der Waals surface area contributed by atoms with Crippen LogP contribution in [0.3, 0.4) is 0 Å². The summed E-state index contributed by atoms with van der Waals surface area (Å²) in [4.78, 5) is 2.34. The van der Waals surface area contributed by atoms with E-state index in [4.69, 9.17) is 5.11 Å². The summed E-state index contributed by atoms with van der Waals surface area (Å²) in [6.07, 6.45) is 2.39. The van der Waals surface area contributed by atoms with Crippen LogP contribution in [0.1, 0.15) is 33.6 Å². The SMILES string of the molecule is CCC1(CC)CN(CC(C)O)C1. The molecular formula is C10H21NO. The minimum Gasteiger partial charge on any atom is -0.392 e. The van der Waals surface area contributed by atoms with Crippen molar-refractivity contribution < 1.29 is 5.11 Å². The lowest BCUT2D eigenvalue weighted by atomic mass is 9.75. The standard InChI is InChI=1S/C10H21NO/c1-4-10(5-2)7-11(8-10)6-9(3)12/h9,12H,4-8H2,1-3H3. The van der Waals surface area contributed by atoms with Crippen LogP contribution in [0.15, 0.2) is 0 Å². The Hall–Kier alpha value is -0.0800. The lowest BCUT2D eigenvalue weighted by Gasteiger charge is -2.50. The summed E-state index contributed by atoms with van der Waals surface area (Å²) in [7, 11) is 0. The zero-order valence-electron chi connectivity index (χ0n) is 8.51. The van der Waals surface area contributed by atoms with Gasteiger partial charge in [-0.15, -0.1) is 0 Å². The summed E-state index contributed by atoms with van der Waals surface area (Å²) in [5.41, 5.74) is 0.578. The van der Waals surface area contributed by atoms with Gasteiger partial charge in [-0.3, -0.25) is 4.90 Å². The van der Waals surface area contributed by atoms with Crippen molar-refractivity contribution in [2.45, 2.75) is 39.7 Å². The third-order valence-corrected chi connectivity index (χ3v) is 3.14. The lowest BCUT2D eigenvalue weighted by Crippen LogP contribution is -2.57. The van der Waals surface area contributed by atoms with Gasteiger partial charge in [0, 0.05) is 19.6 Å². The first-order chi connectivity index (χ1) is 5.62. The van der Waals surface area contributed by atoms with Crippen LogP contribution in [-0.4, -0.2) is 35.7 Å². The molecule has 0 amide bonds. The largest absolute Gasteiger partial charge is 0.392 e. The molecule has 0 aromatic rings. The number of aliphatic hydroxyl groups is 1. The average molecular weight is 171 g/mol. The van der Waals surface area contributed by atoms with Gasteiger partial charge < -0.3 is 5.11 Å². The summed E-state index contributed by atoms with van der Waals surface area (Å²) < 4.78 is 0. The molecule has 72 valence electrons. The van der Waals surface area contributed by atoms with Crippen molar-refractivity contribution in [3.63, 3.8) is 0 Å². The Balaban J connectivity index is 2.25.